The summed E-state index contributed by atoms with van der Waals surface area (Å²) in [7, 11) is 0. The van der Waals surface area contributed by atoms with Crippen molar-refractivity contribution in [2.24, 2.45) is 17.8 Å². The zero-order valence-electron chi connectivity index (χ0n) is 12.9. The van der Waals surface area contributed by atoms with Crippen LogP contribution in [0.3, 0.4) is 0 Å². The Bertz CT molecular complexity index is 176. The number of hydrogen-bond acceptors (Lipinski definition) is 2. The molecule has 0 spiro atoms. The summed E-state index contributed by atoms with van der Waals surface area (Å²) in [5.74, 6) is 1.81. The highest BCUT2D eigenvalue weighted by atomic mass is 16.3. The standard InChI is InChI=1S/C16H34O2/c1-5-15(12-17)8-6-7-9-16(18)11-14(4)10-13(2)3/h13-18H,5-12H2,1-4H3. The van der Waals surface area contributed by atoms with E-state index in [4.69, 9.17) is 5.11 Å². The second-order valence-corrected chi connectivity index (χ2v) is 6.37. The summed E-state index contributed by atoms with van der Waals surface area (Å²) >= 11 is 0. The van der Waals surface area contributed by atoms with Crippen LogP contribution in [0, 0.1) is 17.8 Å². The van der Waals surface area contributed by atoms with Gasteiger partial charge in [-0.3, -0.25) is 0 Å². The molecule has 0 aliphatic carbocycles. The monoisotopic (exact) mass is 258 g/mol. The lowest BCUT2D eigenvalue weighted by atomic mass is 9.91. The lowest BCUT2D eigenvalue weighted by Crippen LogP contribution is -2.13. The lowest BCUT2D eigenvalue weighted by molar-refractivity contribution is 0.126. The van der Waals surface area contributed by atoms with Crippen LogP contribution in [0.25, 0.3) is 0 Å². The first-order chi connectivity index (χ1) is 8.49. The van der Waals surface area contributed by atoms with Gasteiger partial charge in [0.1, 0.15) is 0 Å². The first-order valence-electron chi connectivity index (χ1n) is 7.78. The van der Waals surface area contributed by atoms with Crippen LogP contribution in [0.2, 0.25) is 0 Å². The third-order valence-electron chi connectivity index (χ3n) is 3.78. The molecule has 0 fully saturated rings. The highest BCUT2D eigenvalue weighted by Gasteiger charge is 2.12. The van der Waals surface area contributed by atoms with Crippen molar-refractivity contribution in [2.45, 2.75) is 78.7 Å². The van der Waals surface area contributed by atoms with E-state index in [-0.39, 0.29) is 6.10 Å². The van der Waals surface area contributed by atoms with Gasteiger partial charge in [-0.25, -0.2) is 0 Å². The molecule has 0 aromatic rings. The largest absolute Gasteiger partial charge is 0.396 e. The number of rotatable bonds is 11. The van der Waals surface area contributed by atoms with Crippen LogP contribution in [-0.4, -0.2) is 22.9 Å². The minimum absolute atomic E-state index is 0.132. The highest BCUT2D eigenvalue weighted by Crippen LogP contribution is 2.20. The van der Waals surface area contributed by atoms with Gasteiger partial charge < -0.3 is 10.2 Å². The summed E-state index contributed by atoms with van der Waals surface area (Å²) in [6.45, 7) is 9.15. The van der Waals surface area contributed by atoms with Gasteiger partial charge in [-0.2, -0.15) is 0 Å². The molecule has 0 aromatic heterocycles. The maximum Gasteiger partial charge on any atom is 0.0542 e. The van der Waals surface area contributed by atoms with Gasteiger partial charge in [0, 0.05) is 6.61 Å². The van der Waals surface area contributed by atoms with Crippen LogP contribution in [0.5, 0.6) is 0 Å². The molecule has 2 nitrogen and oxygen atoms in total. The normalized spacial score (nSPS) is 16.8. The second kappa shape index (κ2) is 10.8. The van der Waals surface area contributed by atoms with E-state index >= 15 is 0 Å². The van der Waals surface area contributed by atoms with Crippen LogP contribution in [0.1, 0.15) is 72.6 Å². The second-order valence-electron chi connectivity index (χ2n) is 6.37. The third kappa shape index (κ3) is 9.90. The Hall–Kier alpha value is -0.0800. The number of aliphatic hydroxyl groups is 2. The van der Waals surface area contributed by atoms with Crippen LogP contribution in [0.15, 0.2) is 0 Å². The Morgan fingerprint density at radius 2 is 1.56 bits per heavy atom. The van der Waals surface area contributed by atoms with E-state index in [1.54, 1.807) is 0 Å². The summed E-state index contributed by atoms with van der Waals surface area (Å²) in [5.41, 5.74) is 0. The maximum atomic E-state index is 9.96. The summed E-state index contributed by atoms with van der Waals surface area (Å²) in [5, 5.41) is 19.1. The Kier molecular flexibility index (Phi) is 10.8. The Labute approximate surface area is 114 Å². The Balaban J connectivity index is 3.55. The van der Waals surface area contributed by atoms with Crippen molar-refractivity contribution < 1.29 is 10.2 Å². The van der Waals surface area contributed by atoms with E-state index < -0.39 is 0 Å². The van der Waals surface area contributed by atoms with Crippen molar-refractivity contribution in [2.75, 3.05) is 6.61 Å². The van der Waals surface area contributed by atoms with Gasteiger partial charge in [-0.1, -0.05) is 47.0 Å². The Morgan fingerprint density at radius 1 is 0.944 bits per heavy atom. The molecule has 18 heavy (non-hydrogen) atoms. The highest BCUT2D eigenvalue weighted by molar-refractivity contribution is 4.64. The molecule has 0 saturated carbocycles. The van der Waals surface area contributed by atoms with E-state index in [2.05, 4.69) is 27.7 Å². The molecule has 0 saturated heterocycles. The minimum atomic E-state index is -0.132. The van der Waals surface area contributed by atoms with Crippen molar-refractivity contribution in [3.8, 4) is 0 Å². The van der Waals surface area contributed by atoms with Crippen molar-refractivity contribution >= 4 is 0 Å². The summed E-state index contributed by atoms with van der Waals surface area (Å²) in [6.07, 6.45) is 7.32. The van der Waals surface area contributed by atoms with E-state index in [1.165, 1.54) is 6.42 Å². The SMILES string of the molecule is CCC(CO)CCCCC(O)CC(C)CC(C)C. The van der Waals surface area contributed by atoms with Gasteiger partial charge in [0.25, 0.3) is 0 Å². The molecule has 2 N–H and O–H groups in total. The fourth-order valence-electron chi connectivity index (χ4n) is 2.72. The average molecular weight is 258 g/mol. The molecule has 3 atom stereocenters. The van der Waals surface area contributed by atoms with Crippen LogP contribution >= 0.6 is 0 Å². The smallest absolute Gasteiger partial charge is 0.0542 e. The first kappa shape index (κ1) is 17.9. The lowest BCUT2D eigenvalue weighted by Gasteiger charge is -2.18. The number of unbranched alkanes of at least 4 members (excludes halogenated alkanes) is 1. The van der Waals surface area contributed by atoms with E-state index in [0.29, 0.717) is 18.4 Å². The zero-order chi connectivity index (χ0) is 14.0. The number of hydrogen-bond donors (Lipinski definition) is 2. The molecular weight excluding hydrogens is 224 g/mol. The predicted molar refractivity (Wildman–Crippen MR) is 78.6 cm³/mol. The van der Waals surface area contributed by atoms with Crippen LogP contribution in [-0.2, 0) is 0 Å². The molecule has 0 amide bonds. The van der Waals surface area contributed by atoms with Crippen molar-refractivity contribution in [3.05, 3.63) is 0 Å². The first-order valence-corrected chi connectivity index (χ1v) is 7.78. The summed E-state index contributed by atoms with van der Waals surface area (Å²) in [6, 6.07) is 0. The number of aliphatic hydroxyl groups excluding tert-OH is 2. The molecule has 2 heteroatoms. The van der Waals surface area contributed by atoms with E-state index in [1.807, 2.05) is 0 Å². The predicted octanol–water partition coefficient (Wildman–Crippen LogP) is 4.00. The van der Waals surface area contributed by atoms with Crippen LogP contribution in [0.4, 0.5) is 0 Å². The van der Waals surface area contributed by atoms with E-state index in [0.717, 1.165) is 44.4 Å². The fraction of sp³-hybridized carbons (Fsp3) is 1.00. The summed E-state index contributed by atoms with van der Waals surface area (Å²) < 4.78 is 0. The van der Waals surface area contributed by atoms with Crippen LogP contribution < -0.4 is 0 Å². The van der Waals surface area contributed by atoms with Gasteiger partial charge in [0.2, 0.25) is 0 Å². The molecule has 0 heterocycles. The zero-order valence-corrected chi connectivity index (χ0v) is 12.9. The van der Waals surface area contributed by atoms with Crippen molar-refractivity contribution in [1.29, 1.82) is 0 Å². The quantitative estimate of drug-likeness (QED) is 0.550. The summed E-state index contributed by atoms with van der Waals surface area (Å²) in [4.78, 5) is 0. The maximum absolute atomic E-state index is 9.96. The third-order valence-corrected chi connectivity index (χ3v) is 3.78. The molecular formula is C16H34O2. The molecule has 0 radical (unpaired) electrons. The molecule has 0 aliphatic heterocycles. The van der Waals surface area contributed by atoms with E-state index in [9.17, 15) is 5.11 Å². The molecule has 110 valence electrons. The van der Waals surface area contributed by atoms with Gasteiger partial charge in [0.15, 0.2) is 0 Å². The molecule has 3 unspecified atom stereocenters. The molecule has 0 rings (SSSR count). The minimum Gasteiger partial charge on any atom is -0.396 e. The Morgan fingerprint density at radius 3 is 2.06 bits per heavy atom. The van der Waals surface area contributed by atoms with Gasteiger partial charge in [-0.05, 0) is 43.4 Å². The fourth-order valence-corrected chi connectivity index (χ4v) is 2.72. The van der Waals surface area contributed by atoms with Crippen molar-refractivity contribution in [1.82, 2.24) is 0 Å². The van der Waals surface area contributed by atoms with Gasteiger partial charge >= 0.3 is 0 Å². The topological polar surface area (TPSA) is 40.5 Å². The van der Waals surface area contributed by atoms with Gasteiger partial charge in [-0.15, -0.1) is 0 Å². The average Bonchev–Trinajstić information content (AvgIpc) is 2.28. The molecule has 0 bridgehead atoms. The van der Waals surface area contributed by atoms with Gasteiger partial charge in [0.05, 0.1) is 6.10 Å². The molecule has 0 aliphatic rings. The van der Waals surface area contributed by atoms with Crippen molar-refractivity contribution in [3.63, 3.8) is 0 Å². The molecule has 0 aromatic carbocycles.